The highest BCUT2D eigenvalue weighted by molar-refractivity contribution is 7.89. The molecule has 1 aromatic rings. The first kappa shape index (κ1) is 17.7. The fraction of sp³-hybridized carbons (Fsp3) is 0.562. The van der Waals surface area contributed by atoms with Crippen LogP contribution in [-0.4, -0.2) is 44.1 Å². The molecule has 0 amide bonds. The second-order valence-corrected chi connectivity index (χ2v) is 7.82. The van der Waals surface area contributed by atoms with Crippen LogP contribution < -0.4 is 5.32 Å². The number of rotatable bonds is 6. The predicted molar refractivity (Wildman–Crippen MR) is 88.5 cm³/mol. The van der Waals surface area contributed by atoms with Crippen molar-refractivity contribution >= 4 is 15.7 Å². The van der Waals surface area contributed by atoms with E-state index in [1.54, 1.807) is 6.07 Å². The summed E-state index contributed by atoms with van der Waals surface area (Å²) in [6.07, 6.45) is 2.24. The van der Waals surface area contributed by atoms with Gasteiger partial charge in [0.15, 0.2) is 0 Å². The van der Waals surface area contributed by atoms with Crippen LogP contribution in [0.2, 0.25) is 0 Å². The molecule has 0 atom stereocenters. The van der Waals surface area contributed by atoms with Gasteiger partial charge >= 0.3 is 0 Å². The summed E-state index contributed by atoms with van der Waals surface area (Å²) in [6.45, 7) is 3.66. The number of nitrogens with zero attached hydrogens (tertiary/aromatic N) is 2. The van der Waals surface area contributed by atoms with Crippen molar-refractivity contribution in [2.24, 2.45) is 5.92 Å². The number of nitriles is 1. The van der Waals surface area contributed by atoms with Gasteiger partial charge in [-0.2, -0.15) is 9.57 Å². The van der Waals surface area contributed by atoms with E-state index < -0.39 is 10.0 Å². The fourth-order valence-electron chi connectivity index (χ4n) is 2.63. The Hall–Kier alpha value is -1.62. The second-order valence-electron chi connectivity index (χ2n) is 5.91. The van der Waals surface area contributed by atoms with E-state index in [1.807, 2.05) is 6.07 Å². The molecule has 0 bridgehead atoms. The third-order valence-electron chi connectivity index (χ3n) is 4.12. The Morgan fingerprint density at radius 3 is 2.70 bits per heavy atom. The van der Waals surface area contributed by atoms with Crippen LogP contribution in [0.5, 0.6) is 0 Å². The molecule has 0 aliphatic carbocycles. The minimum Gasteiger partial charge on any atom is -0.396 e. The number of hydrogen-bond donors (Lipinski definition) is 2. The van der Waals surface area contributed by atoms with Gasteiger partial charge in [0.25, 0.3) is 0 Å². The van der Waals surface area contributed by atoms with E-state index in [9.17, 15) is 8.42 Å². The molecule has 0 saturated carbocycles. The topological polar surface area (TPSA) is 93.4 Å². The van der Waals surface area contributed by atoms with E-state index >= 15 is 0 Å². The Morgan fingerprint density at radius 2 is 2.09 bits per heavy atom. The van der Waals surface area contributed by atoms with Crippen LogP contribution >= 0.6 is 0 Å². The van der Waals surface area contributed by atoms with Gasteiger partial charge in [0, 0.05) is 26.2 Å². The Bertz CT molecular complexity index is 674. The van der Waals surface area contributed by atoms with Crippen LogP contribution in [0.15, 0.2) is 23.1 Å². The second kappa shape index (κ2) is 7.77. The lowest BCUT2D eigenvalue weighted by Crippen LogP contribution is -2.38. The Kier molecular flexibility index (Phi) is 5.99. The summed E-state index contributed by atoms with van der Waals surface area (Å²) in [4.78, 5) is 0.198. The summed E-state index contributed by atoms with van der Waals surface area (Å²) in [5, 5.41) is 20.9. The third kappa shape index (κ3) is 4.22. The van der Waals surface area contributed by atoms with Gasteiger partial charge in [-0.25, -0.2) is 8.42 Å². The maximum absolute atomic E-state index is 12.9. The molecule has 0 spiro atoms. The zero-order valence-corrected chi connectivity index (χ0v) is 14.1. The molecule has 6 nitrogen and oxygen atoms in total. The van der Waals surface area contributed by atoms with Crippen molar-refractivity contribution in [2.45, 2.75) is 31.1 Å². The highest BCUT2D eigenvalue weighted by Crippen LogP contribution is 2.29. The first-order chi connectivity index (χ1) is 11.0. The van der Waals surface area contributed by atoms with Crippen molar-refractivity contribution < 1.29 is 13.5 Å². The summed E-state index contributed by atoms with van der Waals surface area (Å²) < 4.78 is 27.3. The molecule has 126 valence electrons. The molecule has 1 aromatic carbocycles. The van der Waals surface area contributed by atoms with Crippen molar-refractivity contribution in [3.05, 3.63) is 23.8 Å². The molecule has 1 aliphatic rings. The summed E-state index contributed by atoms with van der Waals surface area (Å²) >= 11 is 0. The standard InChI is InChI=1S/C16H23N3O3S/c1-13-5-8-19(9-6-13)23(21,22)16-4-3-14(12-17)11-15(16)18-7-2-10-20/h3-4,11,13,18,20H,2,5-10H2,1H3. The van der Waals surface area contributed by atoms with Crippen LogP contribution in [0.1, 0.15) is 31.7 Å². The van der Waals surface area contributed by atoms with Gasteiger partial charge in [-0.3, -0.25) is 0 Å². The number of sulfonamides is 1. The van der Waals surface area contributed by atoms with Crippen LogP contribution in [0.3, 0.4) is 0 Å². The molecular weight excluding hydrogens is 314 g/mol. The van der Waals surface area contributed by atoms with E-state index in [0.717, 1.165) is 12.8 Å². The van der Waals surface area contributed by atoms with Crippen LogP contribution in [0.4, 0.5) is 5.69 Å². The zero-order chi connectivity index (χ0) is 16.9. The number of benzene rings is 1. The van der Waals surface area contributed by atoms with Gasteiger partial charge in [-0.1, -0.05) is 6.92 Å². The van der Waals surface area contributed by atoms with Gasteiger partial charge in [0.05, 0.1) is 17.3 Å². The van der Waals surface area contributed by atoms with Crippen molar-refractivity contribution in [1.29, 1.82) is 5.26 Å². The zero-order valence-electron chi connectivity index (χ0n) is 13.3. The molecule has 7 heteroatoms. The average molecular weight is 337 g/mol. The lowest BCUT2D eigenvalue weighted by atomic mass is 10.0. The molecular formula is C16H23N3O3S. The minimum absolute atomic E-state index is 0.0248. The van der Waals surface area contributed by atoms with E-state index in [-0.39, 0.29) is 11.5 Å². The van der Waals surface area contributed by atoms with E-state index in [4.69, 9.17) is 10.4 Å². The predicted octanol–water partition coefficient (Wildman–Crippen LogP) is 1.77. The van der Waals surface area contributed by atoms with Crippen molar-refractivity contribution in [2.75, 3.05) is 31.6 Å². The van der Waals surface area contributed by atoms with Gasteiger partial charge in [-0.05, 0) is 43.4 Å². The Morgan fingerprint density at radius 1 is 1.39 bits per heavy atom. The number of anilines is 1. The lowest BCUT2D eigenvalue weighted by Gasteiger charge is -2.30. The van der Waals surface area contributed by atoms with Crippen molar-refractivity contribution in [3.63, 3.8) is 0 Å². The van der Waals surface area contributed by atoms with Crippen molar-refractivity contribution in [3.8, 4) is 6.07 Å². The highest BCUT2D eigenvalue weighted by atomic mass is 32.2. The van der Waals surface area contributed by atoms with E-state index in [0.29, 0.717) is 43.2 Å². The molecule has 1 aliphatic heterocycles. The number of nitrogens with one attached hydrogen (secondary N) is 1. The Balaban J connectivity index is 2.30. The van der Waals surface area contributed by atoms with Gasteiger partial charge < -0.3 is 10.4 Å². The minimum atomic E-state index is -3.58. The number of aliphatic hydroxyl groups is 1. The van der Waals surface area contributed by atoms with Crippen molar-refractivity contribution in [1.82, 2.24) is 4.31 Å². The molecule has 1 saturated heterocycles. The molecule has 0 unspecified atom stereocenters. The van der Waals surface area contributed by atoms with Crippen LogP contribution in [0.25, 0.3) is 0 Å². The van der Waals surface area contributed by atoms with E-state index in [2.05, 4.69) is 12.2 Å². The molecule has 1 fully saturated rings. The summed E-state index contributed by atoms with van der Waals surface area (Å²) in [7, 11) is -3.58. The normalized spacial score (nSPS) is 16.9. The monoisotopic (exact) mass is 337 g/mol. The lowest BCUT2D eigenvalue weighted by molar-refractivity contribution is 0.288. The molecule has 23 heavy (non-hydrogen) atoms. The average Bonchev–Trinajstić information content (AvgIpc) is 2.55. The summed E-state index contributed by atoms with van der Waals surface area (Å²) in [6, 6.07) is 6.59. The summed E-state index contributed by atoms with van der Waals surface area (Å²) in [5.74, 6) is 0.546. The Labute approximate surface area is 137 Å². The quantitative estimate of drug-likeness (QED) is 0.772. The maximum atomic E-state index is 12.9. The first-order valence-corrected chi connectivity index (χ1v) is 9.32. The fourth-order valence-corrected chi connectivity index (χ4v) is 4.25. The van der Waals surface area contributed by atoms with Gasteiger partial charge in [-0.15, -0.1) is 0 Å². The van der Waals surface area contributed by atoms with Gasteiger partial charge in [0.2, 0.25) is 10.0 Å². The van der Waals surface area contributed by atoms with Gasteiger partial charge in [0.1, 0.15) is 4.90 Å². The van der Waals surface area contributed by atoms with Crippen LogP contribution in [-0.2, 0) is 10.0 Å². The molecule has 2 N–H and O–H groups in total. The smallest absolute Gasteiger partial charge is 0.245 e. The molecule has 2 rings (SSSR count). The largest absolute Gasteiger partial charge is 0.396 e. The third-order valence-corrected chi connectivity index (χ3v) is 6.08. The van der Waals surface area contributed by atoms with E-state index in [1.165, 1.54) is 16.4 Å². The maximum Gasteiger partial charge on any atom is 0.245 e. The van der Waals surface area contributed by atoms with Crippen LogP contribution in [0, 0.1) is 17.2 Å². The first-order valence-electron chi connectivity index (χ1n) is 7.88. The molecule has 1 heterocycles. The number of aliphatic hydroxyl groups excluding tert-OH is 1. The highest BCUT2D eigenvalue weighted by Gasteiger charge is 2.30. The molecule has 0 aromatic heterocycles. The number of hydrogen-bond acceptors (Lipinski definition) is 5. The summed E-state index contributed by atoms with van der Waals surface area (Å²) in [5.41, 5.74) is 0.832. The number of piperidine rings is 1. The SMILES string of the molecule is CC1CCN(S(=O)(=O)c2ccc(C#N)cc2NCCCO)CC1. The molecule has 0 radical (unpaired) electrons.